The maximum atomic E-state index is 12.9. The fraction of sp³-hybridized carbons (Fsp3) is 0.250. The van der Waals surface area contributed by atoms with E-state index in [-0.39, 0.29) is 17.9 Å². The van der Waals surface area contributed by atoms with Crippen LogP contribution in [0.3, 0.4) is 0 Å². The van der Waals surface area contributed by atoms with E-state index in [2.05, 4.69) is 10.3 Å². The summed E-state index contributed by atoms with van der Waals surface area (Å²) in [5, 5.41) is 13.1. The lowest BCUT2D eigenvalue weighted by molar-refractivity contribution is -0.137. The molecule has 34 heavy (non-hydrogen) atoms. The molecule has 0 aliphatic carbocycles. The number of hydrogen-bond acceptors (Lipinski definition) is 5. The minimum atomic E-state index is -4.46. The van der Waals surface area contributed by atoms with Crippen molar-refractivity contribution in [2.24, 2.45) is 0 Å². The summed E-state index contributed by atoms with van der Waals surface area (Å²) in [5.74, 6) is 0.219. The molecule has 4 rings (SSSR count). The quantitative estimate of drug-likeness (QED) is 0.485. The van der Waals surface area contributed by atoms with Gasteiger partial charge >= 0.3 is 6.18 Å². The lowest BCUT2D eigenvalue weighted by Gasteiger charge is -2.32. The number of ether oxygens (including phenoxy) is 1. The van der Waals surface area contributed by atoms with E-state index in [9.17, 15) is 23.1 Å². The highest BCUT2D eigenvalue weighted by Crippen LogP contribution is 2.41. The number of carbonyl (C=O) groups excluding carboxylic acids is 1. The smallest absolute Gasteiger partial charge is 0.416 e. The maximum absolute atomic E-state index is 12.9. The molecule has 0 fully saturated rings. The van der Waals surface area contributed by atoms with Crippen LogP contribution in [-0.4, -0.2) is 29.1 Å². The number of amides is 1. The molecule has 0 saturated carbocycles. The van der Waals surface area contributed by atoms with Crippen LogP contribution < -0.4 is 15.0 Å². The number of fused-ring (bicyclic) bond motifs is 1. The monoisotopic (exact) mass is 491 g/mol. The number of alkyl halides is 3. The molecule has 10 heteroatoms. The van der Waals surface area contributed by atoms with Crippen molar-refractivity contribution in [2.45, 2.75) is 25.6 Å². The van der Waals surface area contributed by atoms with Gasteiger partial charge in [0.25, 0.3) is 5.91 Å². The van der Waals surface area contributed by atoms with Crippen molar-refractivity contribution >= 4 is 34.7 Å². The minimum absolute atomic E-state index is 0.214. The first-order valence-corrected chi connectivity index (χ1v) is 10.7. The van der Waals surface area contributed by atoms with Crippen molar-refractivity contribution in [1.82, 2.24) is 4.98 Å². The molecule has 2 heterocycles. The Labute approximate surface area is 198 Å². The average molecular weight is 492 g/mol. The number of para-hydroxylation sites is 1. The van der Waals surface area contributed by atoms with Gasteiger partial charge < -0.3 is 20.1 Å². The van der Waals surface area contributed by atoms with Gasteiger partial charge in [-0.3, -0.25) is 4.79 Å². The molecule has 2 N–H and O–H groups in total. The number of rotatable bonds is 4. The van der Waals surface area contributed by atoms with E-state index < -0.39 is 23.2 Å². The Morgan fingerprint density at radius 1 is 1.15 bits per heavy atom. The average Bonchev–Trinajstić information content (AvgIpc) is 2.77. The number of hydrogen-bond donors (Lipinski definition) is 2. The Morgan fingerprint density at radius 2 is 1.85 bits per heavy atom. The number of aliphatic hydroxyl groups is 1. The molecule has 0 bridgehead atoms. The maximum Gasteiger partial charge on any atom is 0.416 e. The first-order chi connectivity index (χ1) is 15.9. The fourth-order valence-electron chi connectivity index (χ4n) is 3.55. The van der Waals surface area contributed by atoms with Crippen LogP contribution in [0.15, 0.2) is 54.7 Å². The van der Waals surface area contributed by atoms with E-state index in [1.54, 1.807) is 38.1 Å². The Morgan fingerprint density at radius 3 is 2.47 bits per heavy atom. The predicted octanol–water partition coefficient (Wildman–Crippen LogP) is 5.76. The van der Waals surface area contributed by atoms with E-state index in [1.165, 1.54) is 18.3 Å². The van der Waals surface area contributed by atoms with Crippen molar-refractivity contribution in [3.05, 3.63) is 76.4 Å². The minimum Gasteiger partial charge on any atom is -0.489 e. The van der Waals surface area contributed by atoms with Crippen LogP contribution in [-0.2, 0) is 11.8 Å². The summed E-state index contributed by atoms with van der Waals surface area (Å²) in [5.41, 5.74) is -0.360. The van der Waals surface area contributed by atoms with E-state index >= 15 is 0 Å². The zero-order chi connectivity index (χ0) is 24.7. The van der Waals surface area contributed by atoms with E-state index in [0.29, 0.717) is 34.4 Å². The first-order valence-electron chi connectivity index (χ1n) is 10.4. The fourth-order valence-corrected chi connectivity index (χ4v) is 3.82. The lowest BCUT2D eigenvalue weighted by atomic mass is 10.0. The van der Waals surface area contributed by atoms with Gasteiger partial charge in [0, 0.05) is 17.4 Å². The first kappa shape index (κ1) is 23.8. The molecule has 2 aromatic carbocycles. The van der Waals surface area contributed by atoms with Crippen molar-refractivity contribution in [1.29, 1.82) is 0 Å². The second-order valence-electron chi connectivity index (χ2n) is 8.27. The molecule has 1 amide bonds. The summed E-state index contributed by atoms with van der Waals surface area (Å²) >= 11 is 6.47. The van der Waals surface area contributed by atoms with Crippen LogP contribution in [0.4, 0.5) is 30.4 Å². The highest BCUT2D eigenvalue weighted by Gasteiger charge is 2.30. The number of anilines is 3. The van der Waals surface area contributed by atoms with Gasteiger partial charge in [0.05, 0.1) is 34.0 Å². The molecule has 1 aliphatic heterocycles. The number of nitrogens with one attached hydrogen (secondary N) is 1. The normalized spacial score (nSPS) is 13.8. The topological polar surface area (TPSA) is 74.7 Å². The highest BCUT2D eigenvalue weighted by molar-refractivity contribution is 6.33. The third kappa shape index (κ3) is 4.80. The summed E-state index contributed by atoms with van der Waals surface area (Å²) in [4.78, 5) is 19.2. The van der Waals surface area contributed by atoms with Crippen LogP contribution in [0, 0.1) is 0 Å². The van der Waals surface area contributed by atoms with Gasteiger partial charge in [0.15, 0.2) is 11.6 Å². The van der Waals surface area contributed by atoms with Crippen molar-refractivity contribution < 1.29 is 27.8 Å². The Balaban J connectivity index is 1.63. The van der Waals surface area contributed by atoms with Crippen molar-refractivity contribution in [3.8, 4) is 5.75 Å². The van der Waals surface area contributed by atoms with Crippen LogP contribution in [0.5, 0.6) is 5.75 Å². The molecule has 178 valence electrons. The second kappa shape index (κ2) is 8.81. The summed E-state index contributed by atoms with van der Waals surface area (Å²) in [6.45, 7) is 3.94. The zero-order valence-corrected chi connectivity index (χ0v) is 19.0. The molecule has 0 unspecified atom stereocenters. The van der Waals surface area contributed by atoms with E-state index in [4.69, 9.17) is 16.3 Å². The van der Waals surface area contributed by atoms with Gasteiger partial charge in [0.2, 0.25) is 0 Å². The number of pyridine rings is 1. The molecule has 1 aliphatic rings. The molecule has 3 aromatic rings. The summed E-state index contributed by atoms with van der Waals surface area (Å²) < 4.78 is 44.1. The molecule has 0 atom stereocenters. The number of carbonyl (C=O) groups is 1. The summed E-state index contributed by atoms with van der Waals surface area (Å²) in [6, 6.07) is 10.8. The molecule has 0 saturated heterocycles. The van der Waals surface area contributed by atoms with Crippen LogP contribution in [0.2, 0.25) is 5.02 Å². The molecule has 6 nitrogen and oxygen atoms in total. The van der Waals surface area contributed by atoms with Gasteiger partial charge in [-0.15, -0.1) is 0 Å². The zero-order valence-electron chi connectivity index (χ0n) is 18.3. The number of aromatic nitrogens is 1. The summed E-state index contributed by atoms with van der Waals surface area (Å²) in [6.07, 6.45) is -2.92. The van der Waals surface area contributed by atoms with Gasteiger partial charge in [-0.25, -0.2) is 4.98 Å². The Hall–Kier alpha value is -3.30. The lowest BCUT2D eigenvalue weighted by Crippen LogP contribution is -2.31. The highest BCUT2D eigenvalue weighted by atomic mass is 35.5. The Kier molecular flexibility index (Phi) is 6.18. The third-order valence-corrected chi connectivity index (χ3v) is 5.62. The van der Waals surface area contributed by atoms with Crippen molar-refractivity contribution in [3.63, 3.8) is 0 Å². The molecule has 0 radical (unpaired) electrons. The molecular formula is C24H21ClF3N3O3. The largest absolute Gasteiger partial charge is 0.489 e. The van der Waals surface area contributed by atoms with Crippen LogP contribution >= 0.6 is 11.6 Å². The number of benzene rings is 2. The molecule has 1 aromatic heterocycles. The van der Waals surface area contributed by atoms with Gasteiger partial charge in [-0.1, -0.05) is 17.7 Å². The van der Waals surface area contributed by atoms with Gasteiger partial charge in [-0.2, -0.15) is 13.2 Å². The van der Waals surface area contributed by atoms with Gasteiger partial charge in [-0.05, 0) is 56.3 Å². The van der Waals surface area contributed by atoms with Gasteiger partial charge in [0.1, 0.15) is 6.61 Å². The number of halogens is 4. The molecule has 0 spiro atoms. The second-order valence-corrected chi connectivity index (χ2v) is 8.68. The predicted molar refractivity (Wildman–Crippen MR) is 123 cm³/mol. The Bertz CT molecular complexity index is 1220. The van der Waals surface area contributed by atoms with Crippen LogP contribution in [0.25, 0.3) is 0 Å². The third-order valence-electron chi connectivity index (χ3n) is 5.34. The van der Waals surface area contributed by atoms with E-state index in [1.807, 2.05) is 4.90 Å². The van der Waals surface area contributed by atoms with Crippen molar-refractivity contribution in [2.75, 3.05) is 23.4 Å². The summed E-state index contributed by atoms with van der Waals surface area (Å²) in [7, 11) is 0. The van der Waals surface area contributed by atoms with Crippen LogP contribution in [0.1, 0.15) is 35.3 Å². The SMILES string of the molecule is CC(C)(O)c1cnc(N2CCOc3c(C(=O)Nc4ccc(C(F)(F)F)cc4)cccc32)c(Cl)c1. The molecular weight excluding hydrogens is 471 g/mol. The standard InChI is InChI=1S/C24H21ClF3N3O3/c1-23(2,33)15-12-18(25)21(29-13-15)31-10-11-34-20-17(4-3-5-19(20)31)22(32)30-16-8-6-14(7-9-16)24(26,27)28/h3-9,12-13,33H,10-11H2,1-2H3,(H,30,32). The number of nitrogens with zero attached hydrogens (tertiary/aromatic N) is 2. The van der Waals surface area contributed by atoms with E-state index in [0.717, 1.165) is 12.1 Å².